The van der Waals surface area contributed by atoms with E-state index in [-0.39, 0.29) is 0 Å². The standard InChI is InChI=1S/C20H21N9OS2/c1-3-23-19(24-4-2)27-16-14(9-22-12-25-16)10-32-20-29-28-17(30-20)15-11-31-18(26-15)13-6-5-7-21-8-13/h5-9,11-12H,3-4,10H2,1-2H3,(H2,22,23,24,25,27). The largest absolute Gasteiger partial charge is 0.410 e. The van der Waals surface area contributed by atoms with Crippen LogP contribution in [0.1, 0.15) is 19.4 Å². The summed E-state index contributed by atoms with van der Waals surface area (Å²) in [5.41, 5.74) is 2.49. The normalized spacial score (nSPS) is 11.5. The average molecular weight is 468 g/mol. The second-order valence-electron chi connectivity index (χ2n) is 6.32. The zero-order valence-electron chi connectivity index (χ0n) is 17.5. The molecule has 0 aliphatic heterocycles. The van der Waals surface area contributed by atoms with Crippen molar-refractivity contribution in [2.75, 3.05) is 18.4 Å². The highest BCUT2D eigenvalue weighted by Gasteiger charge is 2.15. The predicted octanol–water partition coefficient (Wildman–Crippen LogP) is 3.73. The fraction of sp³-hybridized carbons (Fsp3) is 0.250. The van der Waals surface area contributed by atoms with E-state index in [1.54, 1.807) is 18.6 Å². The molecule has 164 valence electrons. The Labute approximate surface area is 193 Å². The average Bonchev–Trinajstić information content (AvgIpc) is 3.49. The van der Waals surface area contributed by atoms with Gasteiger partial charge in [0, 0.05) is 53.9 Å². The molecule has 0 amide bonds. The van der Waals surface area contributed by atoms with Crippen LogP contribution < -0.4 is 10.6 Å². The molecule has 0 aliphatic rings. The van der Waals surface area contributed by atoms with Crippen molar-refractivity contribution in [3.05, 3.63) is 48.0 Å². The van der Waals surface area contributed by atoms with E-state index in [1.807, 2.05) is 31.4 Å². The highest BCUT2D eigenvalue weighted by molar-refractivity contribution is 7.98. The maximum Gasteiger partial charge on any atom is 0.277 e. The zero-order chi connectivity index (χ0) is 22.2. The number of nitrogens with one attached hydrogen (secondary N) is 2. The summed E-state index contributed by atoms with van der Waals surface area (Å²) >= 11 is 2.91. The van der Waals surface area contributed by atoms with Crippen molar-refractivity contribution in [3.63, 3.8) is 0 Å². The van der Waals surface area contributed by atoms with Gasteiger partial charge in [-0.1, -0.05) is 11.8 Å². The molecular weight excluding hydrogens is 446 g/mol. The van der Waals surface area contributed by atoms with Crippen LogP contribution in [0, 0.1) is 0 Å². The Morgan fingerprint density at radius 2 is 2.16 bits per heavy atom. The van der Waals surface area contributed by atoms with E-state index in [2.05, 4.69) is 45.8 Å². The predicted molar refractivity (Wildman–Crippen MR) is 126 cm³/mol. The molecule has 0 saturated carbocycles. The van der Waals surface area contributed by atoms with Crippen molar-refractivity contribution in [3.8, 4) is 22.2 Å². The first kappa shape index (κ1) is 21.8. The van der Waals surface area contributed by atoms with Gasteiger partial charge in [-0.2, -0.15) is 0 Å². The molecule has 2 N–H and O–H groups in total. The van der Waals surface area contributed by atoms with Crippen LogP contribution in [0.15, 0.2) is 57.1 Å². The Kier molecular flexibility index (Phi) is 7.35. The minimum Gasteiger partial charge on any atom is -0.410 e. The van der Waals surface area contributed by atoms with E-state index in [1.165, 1.54) is 29.4 Å². The Hall–Kier alpha value is -3.38. The van der Waals surface area contributed by atoms with Crippen LogP contribution in [0.3, 0.4) is 0 Å². The molecule has 10 nitrogen and oxygen atoms in total. The molecule has 0 atom stereocenters. The minimum absolute atomic E-state index is 0.381. The van der Waals surface area contributed by atoms with Gasteiger partial charge in [0.1, 0.15) is 22.8 Å². The molecule has 0 spiro atoms. The fourth-order valence-electron chi connectivity index (χ4n) is 2.66. The molecule has 0 unspecified atom stereocenters. The van der Waals surface area contributed by atoms with Gasteiger partial charge in [-0.3, -0.25) is 9.98 Å². The molecule has 4 heterocycles. The monoisotopic (exact) mass is 467 g/mol. The van der Waals surface area contributed by atoms with Gasteiger partial charge >= 0.3 is 0 Å². The summed E-state index contributed by atoms with van der Waals surface area (Å²) in [4.78, 5) is 21.6. The summed E-state index contributed by atoms with van der Waals surface area (Å²) in [5.74, 6) is 2.29. The topological polar surface area (TPSA) is 127 Å². The number of thioether (sulfide) groups is 1. The van der Waals surface area contributed by atoms with Crippen molar-refractivity contribution >= 4 is 34.9 Å². The van der Waals surface area contributed by atoms with Crippen LogP contribution in [0.4, 0.5) is 5.82 Å². The summed E-state index contributed by atoms with van der Waals surface area (Å²) in [6, 6.07) is 3.84. The minimum atomic E-state index is 0.381. The van der Waals surface area contributed by atoms with Gasteiger partial charge in [0.15, 0.2) is 5.96 Å². The van der Waals surface area contributed by atoms with Gasteiger partial charge in [0.05, 0.1) is 0 Å². The summed E-state index contributed by atoms with van der Waals surface area (Å²) in [6.45, 7) is 5.41. The number of pyridine rings is 1. The molecule has 4 aromatic heterocycles. The number of thiazole rings is 1. The van der Waals surface area contributed by atoms with Crippen molar-refractivity contribution < 1.29 is 4.42 Å². The fourth-order valence-corrected chi connectivity index (χ4v) is 4.17. The first-order chi connectivity index (χ1) is 15.8. The second-order valence-corrected chi connectivity index (χ2v) is 8.10. The molecule has 0 aliphatic carbocycles. The maximum atomic E-state index is 5.81. The van der Waals surface area contributed by atoms with E-state index in [0.29, 0.717) is 40.9 Å². The lowest BCUT2D eigenvalue weighted by atomic mass is 10.3. The molecular formula is C20H21N9OS2. The summed E-state index contributed by atoms with van der Waals surface area (Å²) < 4.78 is 5.81. The number of aromatic nitrogens is 6. The van der Waals surface area contributed by atoms with E-state index in [0.717, 1.165) is 22.7 Å². The van der Waals surface area contributed by atoms with Crippen molar-refractivity contribution in [2.45, 2.75) is 24.8 Å². The van der Waals surface area contributed by atoms with Crippen LogP contribution in [-0.2, 0) is 5.75 Å². The smallest absolute Gasteiger partial charge is 0.277 e. The lowest BCUT2D eigenvalue weighted by Crippen LogP contribution is -2.31. The highest BCUT2D eigenvalue weighted by atomic mass is 32.2. The third kappa shape index (κ3) is 5.45. The molecule has 0 radical (unpaired) electrons. The van der Waals surface area contributed by atoms with Gasteiger partial charge in [0.25, 0.3) is 11.1 Å². The molecule has 0 aromatic carbocycles. The number of guanidine groups is 1. The van der Waals surface area contributed by atoms with Crippen LogP contribution in [-0.4, -0.2) is 49.2 Å². The first-order valence-electron chi connectivity index (χ1n) is 9.93. The van der Waals surface area contributed by atoms with E-state index >= 15 is 0 Å². The summed E-state index contributed by atoms with van der Waals surface area (Å²) in [6.07, 6.45) is 6.77. The van der Waals surface area contributed by atoms with Crippen LogP contribution in [0.5, 0.6) is 0 Å². The quantitative estimate of drug-likeness (QED) is 0.225. The van der Waals surface area contributed by atoms with E-state index < -0.39 is 0 Å². The SMILES string of the molecule is CCN=C(NCC)Nc1ncncc1CSc1nnc(-c2csc(-c3cccnc3)n2)o1. The highest BCUT2D eigenvalue weighted by Crippen LogP contribution is 2.30. The van der Waals surface area contributed by atoms with Gasteiger partial charge in [-0.15, -0.1) is 21.5 Å². The van der Waals surface area contributed by atoms with Gasteiger partial charge in [-0.05, 0) is 26.0 Å². The second kappa shape index (κ2) is 10.8. The lowest BCUT2D eigenvalue weighted by molar-refractivity contribution is 0.465. The summed E-state index contributed by atoms with van der Waals surface area (Å²) in [5, 5.41) is 17.9. The molecule has 0 fully saturated rings. The number of anilines is 1. The zero-order valence-corrected chi connectivity index (χ0v) is 19.2. The number of hydrogen-bond acceptors (Lipinski definition) is 10. The van der Waals surface area contributed by atoms with Gasteiger partial charge < -0.3 is 15.1 Å². The van der Waals surface area contributed by atoms with Crippen LogP contribution in [0.25, 0.3) is 22.2 Å². The Bertz CT molecular complexity index is 1180. The van der Waals surface area contributed by atoms with Crippen molar-refractivity contribution in [1.29, 1.82) is 0 Å². The number of rotatable bonds is 8. The third-order valence-electron chi connectivity index (χ3n) is 4.07. The molecule has 32 heavy (non-hydrogen) atoms. The van der Waals surface area contributed by atoms with Gasteiger partial charge in [-0.25, -0.2) is 15.0 Å². The van der Waals surface area contributed by atoms with E-state index in [9.17, 15) is 0 Å². The number of aliphatic imine (C=N–C) groups is 1. The molecule has 4 rings (SSSR count). The molecule has 12 heteroatoms. The molecule has 4 aromatic rings. The first-order valence-corrected chi connectivity index (χ1v) is 11.8. The number of nitrogens with zero attached hydrogens (tertiary/aromatic N) is 7. The summed E-state index contributed by atoms with van der Waals surface area (Å²) in [7, 11) is 0. The van der Waals surface area contributed by atoms with Crippen LogP contribution >= 0.6 is 23.1 Å². The number of hydrogen-bond donors (Lipinski definition) is 2. The Morgan fingerprint density at radius 1 is 1.22 bits per heavy atom. The van der Waals surface area contributed by atoms with Crippen LogP contribution in [0.2, 0.25) is 0 Å². The van der Waals surface area contributed by atoms with Crippen molar-refractivity contribution in [2.24, 2.45) is 4.99 Å². The van der Waals surface area contributed by atoms with Crippen molar-refractivity contribution in [1.82, 2.24) is 35.5 Å². The maximum absolute atomic E-state index is 5.81. The Balaban J connectivity index is 1.43. The van der Waals surface area contributed by atoms with Gasteiger partial charge in [0.2, 0.25) is 0 Å². The molecule has 0 bridgehead atoms. The third-order valence-corrected chi connectivity index (χ3v) is 5.83. The van der Waals surface area contributed by atoms with E-state index in [4.69, 9.17) is 4.42 Å². The Morgan fingerprint density at radius 3 is 2.97 bits per heavy atom. The molecule has 0 saturated heterocycles. The lowest BCUT2D eigenvalue weighted by Gasteiger charge is -2.12.